The first-order valence-electron chi connectivity index (χ1n) is 7.57. The van der Waals surface area contributed by atoms with Crippen LogP contribution in [0.2, 0.25) is 0 Å². The molecule has 2 unspecified atom stereocenters. The first-order valence-corrected chi connectivity index (χ1v) is 7.57. The molecule has 0 radical (unpaired) electrons. The van der Waals surface area contributed by atoms with E-state index in [1.54, 1.807) is 0 Å². The Morgan fingerprint density at radius 1 is 1.24 bits per heavy atom. The molecule has 0 spiro atoms. The fraction of sp³-hybridized carbons (Fsp3) is 0.389. The summed E-state index contributed by atoms with van der Waals surface area (Å²) in [6.45, 7) is 2.92. The summed E-state index contributed by atoms with van der Waals surface area (Å²) >= 11 is 0. The molecule has 1 saturated heterocycles. The summed E-state index contributed by atoms with van der Waals surface area (Å²) in [6.07, 6.45) is 1.39. The van der Waals surface area contributed by atoms with E-state index < -0.39 is 0 Å². The summed E-state index contributed by atoms with van der Waals surface area (Å²) in [6, 6.07) is 14.3. The number of carbonyl (C=O) groups is 1. The minimum absolute atomic E-state index is 0.0158. The Kier molecular flexibility index (Phi) is 3.93. The highest BCUT2D eigenvalue weighted by molar-refractivity contribution is 5.85. The molecule has 3 rings (SSSR count). The van der Waals surface area contributed by atoms with Gasteiger partial charge in [0.1, 0.15) is 0 Å². The van der Waals surface area contributed by atoms with Crippen LogP contribution in [0.25, 0.3) is 10.8 Å². The molecule has 0 aliphatic carbocycles. The number of nitrogens with zero attached hydrogens (tertiary/aromatic N) is 1. The molecule has 1 aliphatic rings. The molecular formula is C18H21NO2. The third kappa shape index (κ3) is 2.79. The smallest absolute Gasteiger partial charge is 0.227 e. The normalized spacial score (nSPS) is 21.9. The van der Waals surface area contributed by atoms with Crippen LogP contribution in [-0.2, 0) is 11.2 Å². The van der Waals surface area contributed by atoms with E-state index in [-0.39, 0.29) is 18.6 Å². The number of aliphatic hydroxyl groups is 1. The van der Waals surface area contributed by atoms with Crippen LogP contribution in [0, 0.1) is 5.92 Å². The predicted molar refractivity (Wildman–Crippen MR) is 84.0 cm³/mol. The maximum Gasteiger partial charge on any atom is 0.227 e. The minimum atomic E-state index is -0.0158. The van der Waals surface area contributed by atoms with Gasteiger partial charge in [-0.2, -0.15) is 0 Å². The van der Waals surface area contributed by atoms with Crippen LogP contribution >= 0.6 is 0 Å². The van der Waals surface area contributed by atoms with Crippen LogP contribution in [0.4, 0.5) is 0 Å². The molecule has 0 aromatic heterocycles. The molecule has 21 heavy (non-hydrogen) atoms. The highest BCUT2D eigenvalue weighted by Gasteiger charge is 2.33. The molecule has 2 atom stereocenters. The van der Waals surface area contributed by atoms with Crippen molar-refractivity contribution >= 4 is 16.7 Å². The Balaban J connectivity index is 1.77. The lowest BCUT2D eigenvalue weighted by Crippen LogP contribution is -2.40. The summed E-state index contributed by atoms with van der Waals surface area (Å²) in [4.78, 5) is 14.3. The topological polar surface area (TPSA) is 40.5 Å². The molecule has 1 fully saturated rings. The number of amides is 1. The second kappa shape index (κ2) is 5.86. The van der Waals surface area contributed by atoms with Crippen LogP contribution in [0.5, 0.6) is 0 Å². The molecule has 3 heteroatoms. The van der Waals surface area contributed by atoms with Crippen molar-refractivity contribution in [3.8, 4) is 0 Å². The van der Waals surface area contributed by atoms with Gasteiger partial charge in [0.2, 0.25) is 5.91 Å². The van der Waals surface area contributed by atoms with Gasteiger partial charge in [0, 0.05) is 6.54 Å². The van der Waals surface area contributed by atoms with Crippen molar-refractivity contribution in [2.24, 2.45) is 5.92 Å². The van der Waals surface area contributed by atoms with E-state index in [2.05, 4.69) is 31.2 Å². The zero-order valence-corrected chi connectivity index (χ0v) is 12.3. The predicted octanol–water partition coefficient (Wildman–Crippen LogP) is 2.61. The van der Waals surface area contributed by atoms with Crippen molar-refractivity contribution < 1.29 is 9.90 Å². The number of aliphatic hydroxyl groups excluding tert-OH is 1. The van der Waals surface area contributed by atoms with Crippen LogP contribution in [-0.4, -0.2) is 35.1 Å². The number of benzene rings is 2. The zero-order valence-electron chi connectivity index (χ0n) is 12.3. The van der Waals surface area contributed by atoms with Gasteiger partial charge in [-0.25, -0.2) is 0 Å². The second-order valence-electron chi connectivity index (χ2n) is 5.96. The van der Waals surface area contributed by atoms with Crippen molar-refractivity contribution in [3.05, 3.63) is 48.0 Å². The van der Waals surface area contributed by atoms with E-state index in [9.17, 15) is 9.90 Å². The Labute approximate surface area is 125 Å². The molecule has 0 saturated carbocycles. The van der Waals surface area contributed by atoms with Gasteiger partial charge >= 0.3 is 0 Å². The van der Waals surface area contributed by atoms with Crippen molar-refractivity contribution in [1.29, 1.82) is 0 Å². The van der Waals surface area contributed by atoms with Gasteiger partial charge in [-0.3, -0.25) is 4.79 Å². The summed E-state index contributed by atoms with van der Waals surface area (Å²) in [7, 11) is 0. The van der Waals surface area contributed by atoms with Gasteiger partial charge in [-0.05, 0) is 28.7 Å². The van der Waals surface area contributed by atoms with Gasteiger partial charge in [0.25, 0.3) is 0 Å². The average molecular weight is 283 g/mol. The van der Waals surface area contributed by atoms with Gasteiger partial charge in [-0.1, -0.05) is 49.4 Å². The molecule has 2 aromatic rings. The van der Waals surface area contributed by atoms with Gasteiger partial charge in [0.15, 0.2) is 0 Å². The highest BCUT2D eigenvalue weighted by atomic mass is 16.3. The Bertz CT molecular complexity index is 652. The Morgan fingerprint density at radius 3 is 2.76 bits per heavy atom. The molecule has 1 aliphatic heterocycles. The number of likely N-dealkylation sites (tertiary alicyclic amines) is 1. The number of hydrogen-bond acceptors (Lipinski definition) is 2. The molecule has 3 nitrogen and oxygen atoms in total. The van der Waals surface area contributed by atoms with Crippen molar-refractivity contribution in [3.63, 3.8) is 0 Å². The molecule has 1 N–H and O–H groups in total. The maximum absolute atomic E-state index is 12.5. The van der Waals surface area contributed by atoms with Crippen molar-refractivity contribution in [2.45, 2.75) is 25.8 Å². The largest absolute Gasteiger partial charge is 0.394 e. The number of carbonyl (C=O) groups excluding carboxylic acids is 1. The van der Waals surface area contributed by atoms with E-state index in [0.717, 1.165) is 23.9 Å². The lowest BCUT2D eigenvalue weighted by atomic mass is 10.0. The Morgan fingerprint density at radius 2 is 2.00 bits per heavy atom. The van der Waals surface area contributed by atoms with E-state index in [1.165, 1.54) is 5.39 Å². The van der Waals surface area contributed by atoms with E-state index >= 15 is 0 Å². The lowest BCUT2D eigenvalue weighted by Gasteiger charge is -2.25. The summed E-state index contributed by atoms with van der Waals surface area (Å²) in [5, 5.41) is 11.8. The third-order valence-corrected chi connectivity index (χ3v) is 4.56. The van der Waals surface area contributed by atoms with E-state index in [1.807, 2.05) is 23.1 Å². The molecule has 0 bridgehead atoms. The molecule has 2 aromatic carbocycles. The quantitative estimate of drug-likeness (QED) is 0.940. The standard InChI is InChI=1S/C18H21NO2/c1-13-8-9-19(17(13)12-20)18(21)11-14-6-7-15-4-2-3-5-16(15)10-14/h2-7,10,13,17,20H,8-9,11-12H2,1H3. The zero-order chi connectivity index (χ0) is 14.8. The molecule has 1 heterocycles. The number of hydrogen-bond donors (Lipinski definition) is 1. The molecule has 1 amide bonds. The van der Waals surface area contributed by atoms with Crippen LogP contribution in [0.1, 0.15) is 18.9 Å². The van der Waals surface area contributed by atoms with Gasteiger partial charge < -0.3 is 10.0 Å². The summed E-state index contributed by atoms with van der Waals surface area (Å²) in [5.41, 5.74) is 1.04. The third-order valence-electron chi connectivity index (χ3n) is 4.56. The first kappa shape index (κ1) is 14.1. The van der Waals surface area contributed by atoms with E-state index in [4.69, 9.17) is 0 Å². The lowest BCUT2D eigenvalue weighted by molar-refractivity contribution is -0.132. The SMILES string of the molecule is CC1CCN(C(=O)Cc2ccc3ccccc3c2)C1CO. The minimum Gasteiger partial charge on any atom is -0.394 e. The number of rotatable bonds is 3. The fourth-order valence-electron chi connectivity index (χ4n) is 3.22. The second-order valence-corrected chi connectivity index (χ2v) is 5.96. The van der Waals surface area contributed by atoms with Gasteiger partial charge in [-0.15, -0.1) is 0 Å². The Hall–Kier alpha value is -1.87. The van der Waals surface area contributed by atoms with Crippen LogP contribution in [0.15, 0.2) is 42.5 Å². The summed E-state index contributed by atoms with van der Waals surface area (Å²) in [5.74, 6) is 0.504. The maximum atomic E-state index is 12.5. The molecule has 110 valence electrons. The highest BCUT2D eigenvalue weighted by Crippen LogP contribution is 2.24. The first-order chi connectivity index (χ1) is 10.2. The number of fused-ring (bicyclic) bond motifs is 1. The van der Waals surface area contributed by atoms with Crippen molar-refractivity contribution in [1.82, 2.24) is 4.90 Å². The van der Waals surface area contributed by atoms with Gasteiger partial charge in [0.05, 0.1) is 19.1 Å². The molecular weight excluding hydrogens is 262 g/mol. The van der Waals surface area contributed by atoms with Crippen LogP contribution in [0.3, 0.4) is 0 Å². The van der Waals surface area contributed by atoms with Crippen LogP contribution < -0.4 is 0 Å². The average Bonchev–Trinajstić information content (AvgIpc) is 2.88. The summed E-state index contributed by atoms with van der Waals surface area (Å²) < 4.78 is 0. The monoisotopic (exact) mass is 283 g/mol. The van der Waals surface area contributed by atoms with E-state index in [0.29, 0.717) is 12.3 Å². The van der Waals surface area contributed by atoms with Crippen molar-refractivity contribution in [2.75, 3.05) is 13.2 Å². The fourth-order valence-corrected chi connectivity index (χ4v) is 3.22.